The first-order chi connectivity index (χ1) is 11.7. The van der Waals surface area contributed by atoms with Crippen LogP contribution in [0.15, 0.2) is 59.0 Å². The summed E-state index contributed by atoms with van der Waals surface area (Å²) in [7, 11) is 0. The van der Waals surface area contributed by atoms with Gasteiger partial charge >= 0.3 is 0 Å². The fraction of sp³-hybridized carbons (Fsp3) is 0.118. The number of carbonyl (C=O) groups is 1. The quantitative estimate of drug-likeness (QED) is 0.744. The van der Waals surface area contributed by atoms with Crippen LogP contribution in [0, 0.1) is 0 Å². The molecule has 0 radical (unpaired) electrons. The molecule has 0 aliphatic rings. The number of hydrogen-bond donors (Lipinski definition) is 1. The fourth-order valence-corrected chi connectivity index (χ4v) is 2.05. The number of nitrogens with one attached hydrogen (secondary N) is 1. The minimum absolute atomic E-state index is 0.0812. The molecule has 7 heteroatoms. The van der Waals surface area contributed by atoms with Gasteiger partial charge in [-0.2, -0.15) is 0 Å². The standard InChI is InChI=1S/C17H14ClN3O3/c18-13-8-6-12(7-9-13)17-21-20-16(24-17)10-19-15(22)11-23-14-4-2-1-3-5-14/h1-9H,10-11H2,(H,19,22). The Labute approximate surface area is 143 Å². The number of nitrogens with zero attached hydrogens (tertiary/aromatic N) is 2. The molecule has 0 aliphatic heterocycles. The molecule has 0 bridgehead atoms. The number of carbonyl (C=O) groups excluding carboxylic acids is 1. The Morgan fingerprint density at radius 3 is 2.58 bits per heavy atom. The summed E-state index contributed by atoms with van der Waals surface area (Å²) >= 11 is 5.84. The summed E-state index contributed by atoms with van der Waals surface area (Å²) in [5.41, 5.74) is 0.761. The lowest BCUT2D eigenvalue weighted by Gasteiger charge is -2.05. The van der Waals surface area contributed by atoms with Gasteiger partial charge in [-0.25, -0.2) is 0 Å². The van der Waals surface area contributed by atoms with Gasteiger partial charge in [0, 0.05) is 10.6 Å². The molecule has 122 valence electrons. The number of rotatable bonds is 6. The zero-order valence-corrected chi connectivity index (χ0v) is 13.4. The first kappa shape index (κ1) is 16.0. The van der Waals surface area contributed by atoms with E-state index in [1.165, 1.54) is 0 Å². The largest absolute Gasteiger partial charge is 0.484 e. The van der Waals surface area contributed by atoms with Crippen molar-refractivity contribution < 1.29 is 13.9 Å². The summed E-state index contributed by atoms with van der Waals surface area (Å²) in [5.74, 6) is 1.05. The molecule has 0 spiro atoms. The number of ether oxygens (including phenoxy) is 1. The smallest absolute Gasteiger partial charge is 0.258 e. The Kier molecular flexibility index (Phi) is 5.08. The molecule has 3 aromatic rings. The maximum Gasteiger partial charge on any atom is 0.258 e. The fourth-order valence-electron chi connectivity index (χ4n) is 1.92. The predicted molar refractivity (Wildman–Crippen MR) is 88.5 cm³/mol. The third-order valence-electron chi connectivity index (χ3n) is 3.11. The van der Waals surface area contributed by atoms with Gasteiger partial charge in [-0.05, 0) is 36.4 Å². The van der Waals surface area contributed by atoms with E-state index in [2.05, 4.69) is 15.5 Å². The molecule has 0 aliphatic carbocycles. The van der Waals surface area contributed by atoms with E-state index < -0.39 is 0 Å². The van der Waals surface area contributed by atoms with Crippen molar-refractivity contribution in [2.45, 2.75) is 6.54 Å². The molecule has 6 nitrogen and oxygen atoms in total. The average molecular weight is 344 g/mol. The Morgan fingerprint density at radius 2 is 1.83 bits per heavy atom. The molecule has 0 unspecified atom stereocenters. The van der Waals surface area contributed by atoms with Gasteiger partial charge < -0.3 is 14.5 Å². The van der Waals surface area contributed by atoms with Gasteiger partial charge in [0.25, 0.3) is 5.91 Å². The average Bonchev–Trinajstić information content (AvgIpc) is 3.09. The summed E-state index contributed by atoms with van der Waals surface area (Å²) in [6.07, 6.45) is 0. The molecule has 3 rings (SSSR count). The predicted octanol–water partition coefficient (Wildman–Crippen LogP) is 3.09. The van der Waals surface area contributed by atoms with E-state index in [0.717, 1.165) is 5.56 Å². The topological polar surface area (TPSA) is 77.2 Å². The van der Waals surface area contributed by atoms with Crippen LogP contribution in [0.5, 0.6) is 5.75 Å². The van der Waals surface area contributed by atoms with Crippen molar-refractivity contribution in [1.82, 2.24) is 15.5 Å². The van der Waals surface area contributed by atoms with E-state index in [1.54, 1.807) is 36.4 Å². The summed E-state index contributed by atoms with van der Waals surface area (Å²) in [6.45, 7) is 0.0553. The molecule has 1 heterocycles. The monoisotopic (exact) mass is 343 g/mol. The van der Waals surface area contributed by atoms with Crippen molar-refractivity contribution in [1.29, 1.82) is 0 Å². The summed E-state index contributed by atoms with van der Waals surface area (Å²) in [6, 6.07) is 16.2. The highest BCUT2D eigenvalue weighted by Gasteiger charge is 2.10. The van der Waals surface area contributed by atoms with Crippen LogP contribution < -0.4 is 10.1 Å². The second-order valence-corrected chi connectivity index (χ2v) is 5.32. The van der Waals surface area contributed by atoms with Crippen molar-refractivity contribution in [3.05, 3.63) is 65.5 Å². The number of amides is 1. The summed E-state index contributed by atoms with van der Waals surface area (Å²) in [5, 5.41) is 11.1. The minimum atomic E-state index is -0.273. The molecule has 0 saturated carbocycles. The lowest BCUT2D eigenvalue weighted by molar-refractivity contribution is -0.123. The van der Waals surface area contributed by atoms with E-state index in [9.17, 15) is 4.79 Å². The zero-order chi connectivity index (χ0) is 16.8. The molecule has 0 atom stereocenters. The van der Waals surface area contributed by atoms with Crippen molar-refractivity contribution in [3.8, 4) is 17.2 Å². The second-order valence-electron chi connectivity index (χ2n) is 4.89. The highest BCUT2D eigenvalue weighted by Crippen LogP contribution is 2.20. The van der Waals surface area contributed by atoms with Crippen LogP contribution in [0.3, 0.4) is 0 Å². The normalized spacial score (nSPS) is 10.4. The van der Waals surface area contributed by atoms with E-state index in [0.29, 0.717) is 22.6 Å². The van der Waals surface area contributed by atoms with E-state index in [4.69, 9.17) is 20.8 Å². The SMILES string of the molecule is O=C(COc1ccccc1)NCc1nnc(-c2ccc(Cl)cc2)o1. The molecule has 1 amide bonds. The van der Waals surface area contributed by atoms with Crippen molar-refractivity contribution in [3.63, 3.8) is 0 Å². The third kappa shape index (κ3) is 4.33. The van der Waals surface area contributed by atoms with Crippen molar-refractivity contribution in [2.75, 3.05) is 6.61 Å². The molecule has 0 fully saturated rings. The molecule has 1 N–H and O–H groups in total. The van der Waals surface area contributed by atoms with Crippen molar-refractivity contribution >= 4 is 17.5 Å². The van der Waals surface area contributed by atoms with Gasteiger partial charge in [-0.3, -0.25) is 4.79 Å². The first-order valence-corrected chi connectivity index (χ1v) is 7.61. The van der Waals surface area contributed by atoms with Gasteiger partial charge in [0.05, 0.1) is 6.54 Å². The number of benzene rings is 2. The van der Waals surface area contributed by atoms with Crippen LogP contribution in [0.1, 0.15) is 5.89 Å². The number of halogens is 1. The van der Waals surface area contributed by atoms with E-state index in [1.807, 2.05) is 18.2 Å². The molecule has 0 saturated heterocycles. The molecule has 1 aromatic heterocycles. The van der Waals surface area contributed by atoms with Crippen LogP contribution in [0.2, 0.25) is 5.02 Å². The van der Waals surface area contributed by atoms with Gasteiger partial charge in [0.2, 0.25) is 11.8 Å². The highest BCUT2D eigenvalue weighted by molar-refractivity contribution is 6.30. The van der Waals surface area contributed by atoms with Crippen LogP contribution in [0.25, 0.3) is 11.5 Å². The maximum atomic E-state index is 11.8. The van der Waals surface area contributed by atoms with Crippen LogP contribution in [-0.4, -0.2) is 22.7 Å². The van der Waals surface area contributed by atoms with E-state index >= 15 is 0 Å². The van der Waals surface area contributed by atoms with Crippen LogP contribution in [0.4, 0.5) is 0 Å². The lowest BCUT2D eigenvalue weighted by atomic mass is 10.2. The molecule has 2 aromatic carbocycles. The van der Waals surface area contributed by atoms with Gasteiger partial charge in [-0.15, -0.1) is 10.2 Å². The van der Waals surface area contributed by atoms with Gasteiger partial charge in [0.1, 0.15) is 5.75 Å². The Bertz CT molecular complexity index is 803. The molecule has 24 heavy (non-hydrogen) atoms. The lowest BCUT2D eigenvalue weighted by Crippen LogP contribution is -2.28. The molecular weight excluding hydrogens is 330 g/mol. The Hall–Kier alpha value is -2.86. The number of hydrogen-bond acceptors (Lipinski definition) is 5. The molecular formula is C17H14ClN3O3. The van der Waals surface area contributed by atoms with Gasteiger partial charge in [0.15, 0.2) is 6.61 Å². The first-order valence-electron chi connectivity index (χ1n) is 7.23. The summed E-state index contributed by atoms with van der Waals surface area (Å²) < 4.78 is 10.9. The number of para-hydroxylation sites is 1. The van der Waals surface area contributed by atoms with Gasteiger partial charge in [-0.1, -0.05) is 29.8 Å². The minimum Gasteiger partial charge on any atom is -0.484 e. The third-order valence-corrected chi connectivity index (χ3v) is 3.36. The van der Waals surface area contributed by atoms with Crippen LogP contribution in [-0.2, 0) is 11.3 Å². The second kappa shape index (κ2) is 7.61. The number of aromatic nitrogens is 2. The van der Waals surface area contributed by atoms with E-state index in [-0.39, 0.29) is 19.1 Å². The van der Waals surface area contributed by atoms with Crippen LogP contribution >= 0.6 is 11.6 Å². The van der Waals surface area contributed by atoms with Crippen molar-refractivity contribution in [2.24, 2.45) is 0 Å². The maximum absolute atomic E-state index is 11.8. The zero-order valence-electron chi connectivity index (χ0n) is 12.6. The Morgan fingerprint density at radius 1 is 1.08 bits per heavy atom. The Balaban J connectivity index is 1.50. The highest BCUT2D eigenvalue weighted by atomic mass is 35.5. The summed E-state index contributed by atoms with van der Waals surface area (Å²) in [4.78, 5) is 11.8.